The van der Waals surface area contributed by atoms with Gasteiger partial charge in [-0.05, 0) is 44.5 Å². The van der Waals surface area contributed by atoms with Gasteiger partial charge in [0.15, 0.2) is 0 Å². The van der Waals surface area contributed by atoms with Crippen molar-refractivity contribution >= 4 is 23.2 Å². The molecule has 0 N–H and O–H groups in total. The Balaban J connectivity index is 1.96. The number of hydrogen-bond donors (Lipinski definition) is 0. The predicted octanol–water partition coefficient (Wildman–Crippen LogP) is 7.53. The molecule has 142 valence electrons. The van der Waals surface area contributed by atoms with Crippen molar-refractivity contribution in [3.63, 3.8) is 0 Å². The number of alkyl halides is 2. The molecule has 0 saturated carbocycles. The first-order chi connectivity index (χ1) is 14.3. The van der Waals surface area contributed by atoms with E-state index in [-0.39, 0.29) is 0 Å². The van der Waals surface area contributed by atoms with Gasteiger partial charge in [0.25, 0.3) is 0 Å². The van der Waals surface area contributed by atoms with Crippen LogP contribution in [0.1, 0.15) is 33.4 Å². The number of hydrogen-bond acceptors (Lipinski definition) is 0. The first kappa shape index (κ1) is 18.5. The molecule has 29 heavy (non-hydrogen) atoms. The van der Waals surface area contributed by atoms with Crippen LogP contribution in [0, 0.1) is 0 Å². The van der Waals surface area contributed by atoms with Crippen molar-refractivity contribution in [3.05, 3.63) is 130 Å². The SMILES string of the molecule is ClCc1ccc2c(c1)C(c1ccccc1)(c1ccccc1)c1cc(CCl)ccc1-2. The Kier molecular flexibility index (Phi) is 4.70. The van der Waals surface area contributed by atoms with E-state index in [1.807, 2.05) is 0 Å². The summed E-state index contributed by atoms with van der Waals surface area (Å²) in [6, 6.07) is 34.8. The van der Waals surface area contributed by atoms with E-state index in [1.54, 1.807) is 0 Å². The van der Waals surface area contributed by atoms with Crippen LogP contribution in [0.3, 0.4) is 0 Å². The summed E-state index contributed by atoms with van der Waals surface area (Å²) >= 11 is 12.5. The summed E-state index contributed by atoms with van der Waals surface area (Å²) in [5.74, 6) is 0.992. The molecule has 0 radical (unpaired) electrons. The van der Waals surface area contributed by atoms with E-state index in [1.165, 1.54) is 33.4 Å². The van der Waals surface area contributed by atoms with Crippen molar-refractivity contribution in [2.24, 2.45) is 0 Å². The Hall–Kier alpha value is -2.54. The van der Waals surface area contributed by atoms with E-state index in [4.69, 9.17) is 23.2 Å². The summed E-state index contributed by atoms with van der Waals surface area (Å²) in [5.41, 5.74) is 9.49. The summed E-state index contributed by atoms with van der Waals surface area (Å²) in [7, 11) is 0. The zero-order chi connectivity index (χ0) is 19.8. The quantitative estimate of drug-likeness (QED) is 0.266. The summed E-state index contributed by atoms with van der Waals surface area (Å²) in [6.45, 7) is 0. The van der Waals surface area contributed by atoms with Crippen molar-refractivity contribution < 1.29 is 0 Å². The maximum atomic E-state index is 6.26. The van der Waals surface area contributed by atoms with Gasteiger partial charge in [0.05, 0.1) is 5.41 Å². The smallest absolute Gasteiger partial charge is 0.0713 e. The first-order valence-corrected chi connectivity index (χ1v) is 10.9. The predicted molar refractivity (Wildman–Crippen MR) is 123 cm³/mol. The molecule has 0 fully saturated rings. The van der Waals surface area contributed by atoms with Crippen molar-refractivity contribution in [1.82, 2.24) is 0 Å². The van der Waals surface area contributed by atoms with Gasteiger partial charge in [0.2, 0.25) is 0 Å². The van der Waals surface area contributed by atoms with Crippen LogP contribution in [0.25, 0.3) is 11.1 Å². The zero-order valence-electron chi connectivity index (χ0n) is 15.9. The third-order valence-corrected chi connectivity index (χ3v) is 6.61. The average Bonchev–Trinajstić information content (AvgIpc) is 3.09. The summed E-state index contributed by atoms with van der Waals surface area (Å²) in [4.78, 5) is 0. The molecule has 0 unspecified atom stereocenters. The molecule has 0 aliphatic heterocycles. The van der Waals surface area contributed by atoms with E-state index >= 15 is 0 Å². The highest BCUT2D eigenvalue weighted by Crippen LogP contribution is 2.56. The van der Waals surface area contributed by atoms with Crippen molar-refractivity contribution in [2.45, 2.75) is 17.2 Å². The molecular formula is C27H20Cl2. The van der Waals surface area contributed by atoms with Gasteiger partial charge in [-0.1, -0.05) is 97.1 Å². The molecule has 0 aromatic heterocycles. The maximum Gasteiger partial charge on any atom is 0.0713 e. The number of rotatable bonds is 4. The highest BCUT2D eigenvalue weighted by atomic mass is 35.5. The Morgan fingerprint density at radius 1 is 0.517 bits per heavy atom. The summed E-state index contributed by atoms with van der Waals surface area (Å²) < 4.78 is 0. The van der Waals surface area contributed by atoms with Crippen molar-refractivity contribution in [1.29, 1.82) is 0 Å². The van der Waals surface area contributed by atoms with Gasteiger partial charge in [-0.2, -0.15) is 0 Å². The Morgan fingerprint density at radius 3 is 1.31 bits per heavy atom. The minimum Gasteiger partial charge on any atom is -0.122 e. The normalized spacial score (nSPS) is 13.7. The lowest BCUT2D eigenvalue weighted by Gasteiger charge is -2.34. The summed E-state index contributed by atoms with van der Waals surface area (Å²) in [5, 5.41) is 0. The monoisotopic (exact) mass is 414 g/mol. The zero-order valence-corrected chi connectivity index (χ0v) is 17.4. The van der Waals surface area contributed by atoms with E-state index in [9.17, 15) is 0 Å². The fraction of sp³-hybridized carbons (Fsp3) is 0.111. The van der Waals surface area contributed by atoms with E-state index in [0.717, 1.165) is 11.1 Å². The van der Waals surface area contributed by atoms with Crippen LogP contribution in [0.2, 0.25) is 0 Å². The topological polar surface area (TPSA) is 0 Å². The fourth-order valence-electron chi connectivity index (χ4n) is 4.75. The van der Waals surface area contributed by atoms with Crippen LogP contribution in [0.15, 0.2) is 97.1 Å². The lowest BCUT2D eigenvalue weighted by Crippen LogP contribution is -2.28. The average molecular weight is 415 g/mol. The fourth-order valence-corrected chi connectivity index (χ4v) is 5.08. The molecule has 0 saturated heterocycles. The molecule has 2 heteroatoms. The molecule has 0 spiro atoms. The number of halogens is 2. The molecule has 5 rings (SSSR count). The molecule has 1 aliphatic rings. The molecule has 0 heterocycles. The lowest BCUT2D eigenvalue weighted by molar-refractivity contribution is 0.766. The Morgan fingerprint density at radius 2 is 0.931 bits per heavy atom. The minimum atomic E-state index is -0.392. The van der Waals surface area contributed by atoms with E-state index in [2.05, 4.69) is 97.1 Å². The second kappa shape index (κ2) is 7.37. The molecule has 4 aromatic rings. The standard InChI is InChI=1S/C27H20Cl2/c28-17-19-11-13-23-24-14-12-20(18-29)16-26(24)27(25(23)15-19,21-7-3-1-4-8-21)22-9-5-2-6-10-22/h1-16H,17-18H2. The van der Waals surface area contributed by atoms with Gasteiger partial charge in [0.1, 0.15) is 0 Å². The van der Waals surface area contributed by atoms with E-state index in [0.29, 0.717) is 11.8 Å². The third-order valence-electron chi connectivity index (χ3n) is 5.99. The molecule has 0 nitrogen and oxygen atoms in total. The van der Waals surface area contributed by atoms with Gasteiger partial charge in [-0.25, -0.2) is 0 Å². The van der Waals surface area contributed by atoms with E-state index < -0.39 is 5.41 Å². The molecule has 0 atom stereocenters. The van der Waals surface area contributed by atoms with Crippen molar-refractivity contribution in [3.8, 4) is 11.1 Å². The first-order valence-electron chi connectivity index (χ1n) is 9.79. The van der Waals surface area contributed by atoms with Gasteiger partial charge in [-0.15, -0.1) is 23.2 Å². The van der Waals surface area contributed by atoms with Crippen LogP contribution in [-0.2, 0) is 17.2 Å². The van der Waals surface area contributed by atoms with Gasteiger partial charge < -0.3 is 0 Å². The number of fused-ring (bicyclic) bond motifs is 3. The lowest BCUT2D eigenvalue weighted by atomic mass is 9.67. The Labute approximate surface area is 181 Å². The molecule has 4 aromatic carbocycles. The van der Waals surface area contributed by atoms with Gasteiger partial charge in [-0.3, -0.25) is 0 Å². The molecular weight excluding hydrogens is 395 g/mol. The van der Waals surface area contributed by atoms with Crippen LogP contribution in [0.4, 0.5) is 0 Å². The van der Waals surface area contributed by atoms with Crippen LogP contribution in [0.5, 0.6) is 0 Å². The highest BCUT2D eigenvalue weighted by Gasteiger charge is 2.46. The largest absolute Gasteiger partial charge is 0.122 e. The van der Waals surface area contributed by atoms with Crippen LogP contribution < -0.4 is 0 Å². The number of benzene rings is 4. The molecule has 1 aliphatic carbocycles. The molecule has 0 amide bonds. The van der Waals surface area contributed by atoms with Gasteiger partial charge in [0, 0.05) is 11.8 Å². The van der Waals surface area contributed by atoms with Crippen molar-refractivity contribution in [2.75, 3.05) is 0 Å². The minimum absolute atomic E-state index is 0.392. The second-order valence-corrected chi connectivity index (χ2v) is 8.04. The Bertz CT molecular complexity index is 1070. The highest BCUT2D eigenvalue weighted by molar-refractivity contribution is 6.17. The third kappa shape index (κ3) is 2.74. The second-order valence-electron chi connectivity index (χ2n) is 7.51. The van der Waals surface area contributed by atoms with Crippen LogP contribution >= 0.6 is 23.2 Å². The maximum absolute atomic E-state index is 6.26. The molecule has 0 bridgehead atoms. The van der Waals surface area contributed by atoms with Gasteiger partial charge >= 0.3 is 0 Å². The summed E-state index contributed by atoms with van der Waals surface area (Å²) in [6.07, 6.45) is 0. The van der Waals surface area contributed by atoms with Crippen LogP contribution in [-0.4, -0.2) is 0 Å².